The summed E-state index contributed by atoms with van der Waals surface area (Å²) >= 11 is 5.68. The number of alkyl halides is 3. The maximum absolute atomic E-state index is 12.8. The third-order valence-electron chi connectivity index (χ3n) is 2.81. The number of pyridine rings is 1. The van der Waals surface area contributed by atoms with Gasteiger partial charge in [0.2, 0.25) is 0 Å². The van der Waals surface area contributed by atoms with Crippen LogP contribution in [0.25, 0.3) is 11.3 Å². The van der Waals surface area contributed by atoms with E-state index in [0.717, 1.165) is 12.1 Å². The first kappa shape index (κ1) is 15.4. The molecule has 0 aliphatic heterocycles. The summed E-state index contributed by atoms with van der Waals surface area (Å²) in [4.78, 5) is 3.93. The van der Waals surface area contributed by atoms with E-state index in [1.807, 2.05) is 0 Å². The molecule has 0 N–H and O–H groups in total. The average molecular weight is 318 g/mol. The maximum atomic E-state index is 12.8. The molecule has 0 amide bonds. The van der Waals surface area contributed by atoms with Gasteiger partial charge in [0, 0.05) is 11.6 Å². The largest absolute Gasteiger partial charge is 0.497 e. The first-order chi connectivity index (χ1) is 9.85. The van der Waals surface area contributed by atoms with Gasteiger partial charge < -0.3 is 9.47 Å². The number of nitrogens with zero attached hydrogens (tertiary/aromatic N) is 1. The molecule has 1 heterocycles. The van der Waals surface area contributed by atoms with Crippen molar-refractivity contribution in [2.75, 3.05) is 14.2 Å². The molecular formula is C14H11ClF3NO2. The summed E-state index contributed by atoms with van der Waals surface area (Å²) in [6, 6.07) is 6.44. The zero-order valence-electron chi connectivity index (χ0n) is 11.2. The highest BCUT2D eigenvalue weighted by molar-refractivity contribution is 6.29. The van der Waals surface area contributed by atoms with Crippen LogP contribution >= 0.6 is 11.6 Å². The molecule has 2 rings (SSSR count). The lowest BCUT2D eigenvalue weighted by molar-refractivity contribution is -0.137. The topological polar surface area (TPSA) is 31.4 Å². The van der Waals surface area contributed by atoms with E-state index < -0.39 is 11.7 Å². The molecule has 0 saturated carbocycles. The Hall–Kier alpha value is -1.95. The Morgan fingerprint density at radius 1 is 1.05 bits per heavy atom. The zero-order valence-corrected chi connectivity index (χ0v) is 11.9. The van der Waals surface area contributed by atoms with Crippen LogP contribution < -0.4 is 9.47 Å². The Bertz CT molecular complexity index is 659. The number of aromatic nitrogens is 1. The molecule has 3 nitrogen and oxygen atoms in total. The number of methoxy groups -OCH3 is 2. The van der Waals surface area contributed by atoms with Gasteiger partial charge in [0.05, 0.1) is 25.5 Å². The smallest absolute Gasteiger partial charge is 0.416 e. The molecule has 112 valence electrons. The third-order valence-corrected chi connectivity index (χ3v) is 3.00. The monoisotopic (exact) mass is 317 g/mol. The van der Waals surface area contributed by atoms with E-state index in [2.05, 4.69) is 4.98 Å². The van der Waals surface area contributed by atoms with Gasteiger partial charge in [0.25, 0.3) is 0 Å². The van der Waals surface area contributed by atoms with Crippen LogP contribution in [0.15, 0.2) is 30.3 Å². The first-order valence-corrected chi connectivity index (χ1v) is 6.20. The van der Waals surface area contributed by atoms with Crippen molar-refractivity contribution >= 4 is 11.6 Å². The lowest BCUT2D eigenvalue weighted by atomic mass is 10.1. The fraction of sp³-hybridized carbons (Fsp3) is 0.214. The molecule has 7 heteroatoms. The molecule has 0 radical (unpaired) electrons. The Balaban J connectivity index is 2.59. The van der Waals surface area contributed by atoms with E-state index in [0.29, 0.717) is 17.1 Å². The minimum atomic E-state index is -4.50. The van der Waals surface area contributed by atoms with E-state index in [1.165, 1.54) is 14.2 Å². The highest BCUT2D eigenvalue weighted by Crippen LogP contribution is 2.37. The second-order valence-electron chi connectivity index (χ2n) is 4.13. The van der Waals surface area contributed by atoms with Crippen molar-refractivity contribution in [3.63, 3.8) is 0 Å². The van der Waals surface area contributed by atoms with Gasteiger partial charge in [-0.05, 0) is 24.3 Å². The standard InChI is InChI=1S/C14H11ClF3NO2/c1-20-9-3-4-10(12(7-9)21-2)11-5-8(14(16,17)18)6-13(15)19-11/h3-7H,1-2H3. The van der Waals surface area contributed by atoms with Gasteiger partial charge in [0.1, 0.15) is 16.7 Å². The lowest BCUT2D eigenvalue weighted by Gasteiger charge is -2.12. The molecular weight excluding hydrogens is 307 g/mol. The SMILES string of the molecule is COc1ccc(-c2cc(C(F)(F)F)cc(Cl)n2)c(OC)c1. The van der Waals surface area contributed by atoms with E-state index in [9.17, 15) is 13.2 Å². The van der Waals surface area contributed by atoms with Crippen molar-refractivity contribution in [1.29, 1.82) is 0 Å². The summed E-state index contributed by atoms with van der Waals surface area (Å²) in [7, 11) is 2.89. The number of benzene rings is 1. The fourth-order valence-electron chi connectivity index (χ4n) is 1.81. The summed E-state index contributed by atoms with van der Waals surface area (Å²) in [6.45, 7) is 0. The molecule has 2 aromatic rings. The lowest BCUT2D eigenvalue weighted by Crippen LogP contribution is -2.06. The molecule has 0 fully saturated rings. The van der Waals surface area contributed by atoms with E-state index in [-0.39, 0.29) is 10.8 Å². The van der Waals surface area contributed by atoms with Crippen molar-refractivity contribution in [1.82, 2.24) is 4.98 Å². The van der Waals surface area contributed by atoms with Crippen molar-refractivity contribution < 1.29 is 22.6 Å². The second-order valence-corrected chi connectivity index (χ2v) is 4.52. The highest BCUT2D eigenvalue weighted by Gasteiger charge is 2.31. The molecule has 1 aromatic carbocycles. The van der Waals surface area contributed by atoms with Crippen LogP contribution in [0.5, 0.6) is 11.5 Å². The second kappa shape index (κ2) is 5.81. The maximum Gasteiger partial charge on any atom is 0.416 e. The fourth-order valence-corrected chi connectivity index (χ4v) is 2.02. The van der Waals surface area contributed by atoms with E-state index in [4.69, 9.17) is 21.1 Å². The summed E-state index contributed by atoms with van der Waals surface area (Å²) in [5, 5.41) is -0.238. The predicted octanol–water partition coefficient (Wildman–Crippen LogP) is 4.44. The highest BCUT2D eigenvalue weighted by atomic mass is 35.5. The summed E-state index contributed by atoms with van der Waals surface area (Å²) < 4.78 is 48.7. The Morgan fingerprint density at radius 3 is 2.33 bits per heavy atom. The first-order valence-electron chi connectivity index (χ1n) is 5.82. The van der Waals surface area contributed by atoms with Gasteiger partial charge in [-0.1, -0.05) is 11.6 Å². The van der Waals surface area contributed by atoms with Crippen molar-refractivity contribution in [3.8, 4) is 22.8 Å². The summed E-state index contributed by atoms with van der Waals surface area (Å²) in [5.74, 6) is 0.867. The molecule has 1 aromatic heterocycles. The van der Waals surface area contributed by atoms with Crippen LogP contribution in [0.1, 0.15) is 5.56 Å². The minimum Gasteiger partial charge on any atom is -0.497 e. The average Bonchev–Trinajstić information content (AvgIpc) is 2.45. The molecule has 0 aliphatic carbocycles. The number of hydrogen-bond acceptors (Lipinski definition) is 3. The quantitative estimate of drug-likeness (QED) is 0.784. The van der Waals surface area contributed by atoms with Gasteiger partial charge in [-0.25, -0.2) is 4.98 Å². The Labute approximate surface area is 124 Å². The van der Waals surface area contributed by atoms with Crippen molar-refractivity contribution in [2.45, 2.75) is 6.18 Å². The van der Waals surface area contributed by atoms with E-state index in [1.54, 1.807) is 18.2 Å². The minimum absolute atomic E-state index is 0.0781. The normalized spacial score (nSPS) is 11.3. The van der Waals surface area contributed by atoms with Gasteiger partial charge in [-0.15, -0.1) is 0 Å². The van der Waals surface area contributed by atoms with Gasteiger partial charge in [0.15, 0.2) is 0 Å². The molecule has 0 spiro atoms. The van der Waals surface area contributed by atoms with Crippen LogP contribution in [0.4, 0.5) is 13.2 Å². The number of hydrogen-bond donors (Lipinski definition) is 0. The molecule has 0 bridgehead atoms. The number of ether oxygens (including phenoxy) is 2. The number of rotatable bonds is 3. The molecule has 21 heavy (non-hydrogen) atoms. The van der Waals surface area contributed by atoms with E-state index >= 15 is 0 Å². The van der Waals surface area contributed by atoms with Crippen LogP contribution in [-0.2, 0) is 6.18 Å². The van der Waals surface area contributed by atoms with Crippen LogP contribution in [-0.4, -0.2) is 19.2 Å². The van der Waals surface area contributed by atoms with Crippen molar-refractivity contribution in [3.05, 3.63) is 41.0 Å². The van der Waals surface area contributed by atoms with Gasteiger partial charge in [-0.2, -0.15) is 13.2 Å². The molecule has 0 unspecified atom stereocenters. The van der Waals surface area contributed by atoms with Crippen LogP contribution in [0, 0.1) is 0 Å². The van der Waals surface area contributed by atoms with Crippen molar-refractivity contribution in [2.24, 2.45) is 0 Å². The molecule has 0 saturated heterocycles. The number of halogens is 4. The Morgan fingerprint density at radius 2 is 1.76 bits per heavy atom. The van der Waals surface area contributed by atoms with Gasteiger partial charge in [-0.3, -0.25) is 0 Å². The van der Waals surface area contributed by atoms with Crippen LogP contribution in [0.3, 0.4) is 0 Å². The van der Waals surface area contributed by atoms with Crippen LogP contribution in [0.2, 0.25) is 5.15 Å². The summed E-state index contributed by atoms with van der Waals surface area (Å²) in [6.07, 6.45) is -4.50. The van der Waals surface area contributed by atoms with Gasteiger partial charge >= 0.3 is 6.18 Å². The molecule has 0 aliphatic rings. The molecule has 0 atom stereocenters. The summed E-state index contributed by atoms with van der Waals surface area (Å²) in [5.41, 5.74) is -0.393. The third kappa shape index (κ3) is 3.39. The Kier molecular flexibility index (Phi) is 4.27. The zero-order chi connectivity index (χ0) is 15.6. The predicted molar refractivity (Wildman–Crippen MR) is 72.8 cm³/mol.